The lowest BCUT2D eigenvalue weighted by Gasteiger charge is -2.37. The summed E-state index contributed by atoms with van der Waals surface area (Å²) < 4.78 is 10.9. The molecule has 2 aliphatic rings. The van der Waals surface area contributed by atoms with Crippen molar-refractivity contribution in [2.24, 2.45) is 0 Å². The number of methoxy groups -OCH3 is 1. The Hall–Kier alpha value is -2.67. The summed E-state index contributed by atoms with van der Waals surface area (Å²) in [5, 5.41) is 0. The molecule has 0 spiro atoms. The van der Waals surface area contributed by atoms with Crippen molar-refractivity contribution in [1.29, 1.82) is 0 Å². The molecule has 2 aromatic rings. The van der Waals surface area contributed by atoms with Crippen molar-refractivity contribution in [3.05, 3.63) is 47.8 Å². The minimum Gasteiger partial charge on any atom is -0.481 e. The van der Waals surface area contributed by atoms with Gasteiger partial charge in [0.2, 0.25) is 5.88 Å². The van der Waals surface area contributed by atoms with Crippen LogP contribution in [0, 0.1) is 0 Å². The van der Waals surface area contributed by atoms with E-state index < -0.39 is 6.10 Å². The van der Waals surface area contributed by atoms with Gasteiger partial charge in [-0.3, -0.25) is 4.79 Å². The summed E-state index contributed by atoms with van der Waals surface area (Å²) in [6, 6.07) is 10.1. The van der Waals surface area contributed by atoms with Crippen LogP contribution in [0.4, 0.5) is 5.82 Å². The topological polar surface area (TPSA) is 67.8 Å². The van der Waals surface area contributed by atoms with E-state index >= 15 is 0 Å². The molecule has 1 amide bonds. The Kier molecular flexibility index (Phi) is 4.71. The molecule has 4 rings (SSSR count). The Morgan fingerprint density at radius 3 is 2.92 bits per heavy atom. The molecule has 3 heterocycles. The molecule has 1 fully saturated rings. The molecule has 7 heteroatoms. The molecule has 136 valence electrons. The average Bonchev–Trinajstić information content (AvgIpc) is 2.73. The molecule has 2 aliphatic heterocycles. The fraction of sp³-hybridized carbons (Fsp3) is 0.421. The van der Waals surface area contributed by atoms with Crippen molar-refractivity contribution < 1.29 is 14.3 Å². The van der Waals surface area contributed by atoms with E-state index in [0.29, 0.717) is 32.1 Å². The van der Waals surface area contributed by atoms with Crippen molar-refractivity contribution >= 4 is 11.7 Å². The fourth-order valence-corrected chi connectivity index (χ4v) is 3.51. The van der Waals surface area contributed by atoms with E-state index in [-0.39, 0.29) is 5.91 Å². The van der Waals surface area contributed by atoms with Gasteiger partial charge in [0, 0.05) is 25.7 Å². The van der Waals surface area contributed by atoms with Crippen LogP contribution >= 0.6 is 0 Å². The number of fused-ring (bicyclic) bond motifs is 1. The van der Waals surface area contributed by atoms with Gasteiger partial charge < -0.3 is 19.3 Å². The molecular formula is C19H22N4O3. The van der Waals surface area contributed by atoms with Crippen LogP contribution in [0.25, 0.3) is 0 Å². The Balaban J connectivity index is 1.45. The van der Waals surface area contributed by atoms with Crippen molar-refractivity contribution in [3.63, 3.8) is 0 Å². The number of rotatable bonds is 3. The number of amides is 1. The maximum atomic E-state index is 13.0. The number of carbonyl (C=O) groups excluding carboxylic acids is 1. The molecule has 1 atom stereocenters. The van der Waals surface area contributed by atoms with Gasteiger partial charge in [0.15, 0.2) is 6.10 Å². The monoisotopic (exact) mass is 354 g/mol. The molecule has 0 radical (unpaired) electrons. The summed E-state index contributed by atoms with van der Waals surface area (Å²) in [7, 11) is 1.58. The molecular weight excluding hydrogens is 332 g/mol. The van der Waals surface area contributed by atoms with E-state index in [0.717, 1.165) is 18.8 Å². The first-order valence-electron chi connectivity index (χ1n) is 8.83. The number of ether oxygens (including phenoxy) is 2. The van der Waals surface area contributed by atoms with E-state index in [4.69, 9.17) is 9.47 Å². The Morgan fingerprint density at radius 1 is 1.23 bits per heavy atom. The number of carbonyl (C=O) groups is 1. The predicted molar refractivity (Wildman–Crippen MR) is 96.1 cm³/mol. The lowest BCUT2D eigenvalue weighted by molar-refractivity contribution is -0.145. The van der Waals surface area contributed by atoms with E-state index in [2.05, 4.69) is 28.2 Å². The van der Waals surface area contributed by atoms with Crippen LogP contribution in [-0.2, 0) is 22.5 Å². The number of anilines is 1. The molecule has 0 saturated carbocycles. The van der Waals surface area contributed by atoms with Crippen molar-refractivity contribution in [1.82, 2.24) is 14.9 Å². The lowest BCUT2D eigenvalue weighted by Crippen LogP contribution is -2.52. The molecule has 0 N–H and O–H groups in total. The minimum atomic E-state index is -0.477. The summed E-state index contributed by atoms with van der Waals surface area (Å²) in [5.41, 5.74) is 2.55. The van der Waals surface area contributed by atoms with Crippen LogP contribution in [0.2, 0.25) is 0 Å². The normalized spacial score (nSPS) is 19.8. The Labute approximate surface area is 152 Å². The van der Waals surface area contributed by atoms with Gasteiger partial charge in [0.25, 0.3) is 5.91 Å². The smallest absolute Gasteiger partial charge is 0.253 e. The quantitative estimate of drug-likeness (QED) is 0.827. The molecule has 1 aromatic heterocycles. The number of aromatic nitrogens is 2. The summed E-state index contributed by atoms with van der Waals surface area (Å²) in [4.78, 5) is 25.3. The van der Waals surface area contributed by atoms with E-state index in [1.165, 1.54) is 17.5 Å². The van der Waals surface area contributed by atoms with Crippen LogP contribution in [0.1, 0.15) is 11.1 Å². The minimum absolute atomic E-state index is 0.0465. The van der Waals surface area contributed by atoms with E-state index in [9.17, 15) is 4.79 Å². The van der Waals surface area contributed by atoms with Crippen molar-refractivity contribution in [2.75, 3.05) is 38.3 Å². The highest BCUT2D eigenvalue weighted by Gasteiger charge is 2.32. The van der Waals surface area contributed by atoms with Gasteiger partial charge in [0.05, 0.1) is 20.3 Å². The fourth-order valence-electron chi connectivity index (χ4n) is 3.51. The molecule has 7 nitrogen and oxygen atoms in total. The van der Waals surface area contributed by atoms with Gasteiger partial charge in [-0.2, -0.15) is 0 Å². The first-order valence-corrected chi connectivity index (χ1v) is 8.83. The summed E-state index contributed by atoms with van der Waals surface area (Å²) >= 11 is 0. The van der Waals surface area contributed by atoms with Crippen LogP contribution in [0.15, 0.2) is 36.7 Å². The third-order valence-electron chi connectivity index (χ3n) is 4.94. The van der Waals surface area contributed by atoms with Crippen LogP contribution in [0.5, 0.6) is 5.88 Å². The highest BCUT2D eigenvalue weighted by molar-refractivity contribution is 5.82. The first kappa shape index (κ1) is 16.8. The third kappa shape index (κ3) is 3.35. The van der Waals surface area contributed by atoms with Gasteiger partial charge >= 0.3 is 0 Å². The second kappa shape index (κ2) is 7.29. The standard InChI is InChI=1S/C19H22N4O3/c1-25-18-10-17(20-13-21-18)22-8-9-26-16(12-22)19(24)23-7-6-14-4-2-3-5-15(14)11-23/h2-5,10,13,16H,6-9,11-12H2,1H3. The third-order valence-corrected chi connectivity index (χ3v) is 4.94. The van der Waals surface area contributed by atoms with Crippen LogP contribution < -0.4 is 9.64 Å². The summed E-state index contributed by atoms with van der Waals surface area (Å²) in [5.74, 6) is 1.31. The number of benzene rings is 1. The van der Waals surface area contributed by atoms with E-state index in [1.807, 2.05) is 15.9 Å². The molecule has 1 aromatic carbocycles. The van der Waals surface area contributed by atoms with E-state index in [1.54, 1.807) is 13.2 Å². The summed E-state index contributed by atoms with van der Waals surface area (Å²) in [6.45, 7) is 3.05. The van der Waals surface area contributed by atoms with Crippen LogP contribution in [-0.4, -0.2) is 60.2 Å². The molecule has 0 aliphatic carbocycles. The Bertz CT molecular complexity index is 798. The average molecular weight is 354 g/mol. The molecule has 1 unspecified atom stereocenters. The van der Waals surface area contributed by atoms with Crippen molar-refractivity contribution in [3.8, 4) is 5.88 Å². The molecule has 1 saturated heterocycles. The Morgan fingerprint density at radius 2 is 2.08 bits per heavy atom. The van der Waals surface area contributed by atoms with Gasteiger partial charge in [-0.05, 0) is 17.5 Å². The molecule has 0 bridgehead atoms. The second-order valence-electron chi connectivity index (χ2n) is 6.50. The SMILES string of the molecule is COc1cc(N2CCOC(C(=O)N3CCc4ccccc4C3)C2)ncn1. The van der Waals surface area contributed by atoms with Crippen LogP contribution in [0.3, 0.4) is 0 Å². The maximum absolute atomic E-state index is 13.0. The first-order chi connectivity index (χ1) is 12.7. The highest BCUT2D eigenvalue weighted by Crippen LogP contribution is 2.22. The summed E-state index contributed by atoms with van der Waals surface area (Å²) in [6.07, 6.45) is 1.89. The number of nitrogens with zero attached hydrogens (tertiary/aromatic N) is 4. The zero-order valence-electron chi connectivity index (χ0n) is 14.8. The van der Waals surface area contributed by atoms with Crippen molar-refractivity contribution in [2.45, 2.75) is 19.1 Å². The largest absolute Gasteiger partial charge is 0.481 e. The number of hydrogen-bond acceptors (Lipinski definition) is 6. The highest BCUT2D eigenvalue weighted by atomic mass is 16.5. The van der Waals surface area contributed by atoms with Gasteiger partial charge in [-0.25, -0.2) is 9.97 Å². The maximum Gasteiger partial charge on any atom is 0.253 e. The second-order valence-corrected chi connectivity index (χ2v) is 6.50. The van der Waals surface area contributed by atoms with Gasteiger partial charge in [-0.1, -0.05) is 24.3 Å². The molecule has 26 heavy (non-hydrogen) atoms. The zero-order chi connectivity index (χ0) is 17.9. The predicted octanol–water partition coefficient (Wildman–Crippen LogP) is 1.28. The van der Waals surface area contributed by atoms with Gasteiger partial charge in [-0.15, -0.1) is 0 Å². The number of hydrogen-bond donors (Lipinski definition) is 0. The number of morpholine rings is 1. The lowest BCUT2D eigenvalue weighted by atomic mass is 9.99. The van der Waals surface area contributed by atoms with Gasteiger partial charge in [0.1, 0.15) is 12.1 Å². The zero-order valence-corrected chi connectivity index (χ0v) is 14.8.